The van der Waals surface area contributed by atoms with Crippen LogP contribution in [0.25, 0.3) is 0 Å². The van der Waals surface area contributed by atoms with Gasteiger partial charge in [-0.25, -0.2) is 0 Å². The molecular weight excluding hydrogens is 238 g/mol. The Hall–Kier alpha value is -1.48. The minimum atomic E-state index is 0.516. The largest absolute Gasteiger partial charge is 0.493 e. The van der Waals surface area contributed by atoms with Gasteiger partial charge in [0.15, 0.2) is 11.5 Å². The Morgan fingerprint density at radius 1 is 1.37 bits per heavy atom. The Morgan fingerprint density at radius 3 is 2.79 bits per heavy atom. The molecule has 0 fully saturated rings. The van der Waals surface area contributed by atoms with E-state index < -0.39 is 0 Å². The van der Waals surface area contributed by atoms with Gasteiger partial charge in [-0.1, -0.05) is 32.1 Å². The third-order valence-corrected chi connectivity index (χ3v) is 2.77. The number of unbranched alkanes of at least 4 members (excludes halogenated alkanes) is 1. The van der Waals surface area contributed by atoms with Gasteiger partial charge >= 0.3 is 0 Å². The van der Waals surface area contributed by atoms with Gasteiger partial charge in [0.1, 0.15) is 6.61 Å². The van der Waals surface area contributed by atoms with Crippen molar-refractivity contribution in [3.05, 3.63) is 35.9 Å². The quantitative estimate of drug-likeness (QED) is 0.546. The molecule has 0 bridgehead atoms. The van der Waals surface area contributed by atoms with Crippen molar-refractivity contribution in [1.29, 1.82) is 0 Å². The van der Waals surface area contributed by atoms with Crippen molar-refractivity contribution >= 4 is 0 Å². The highest BCUT2D eigenvalue weighted by molar-refractivity contribution is 5.46. The Balaban J connectivity index is 2.73. The zero-order valence-corrected chi connectivity index (χ0v) is 12.3. The number of ether oxygens (including phenoxy) is 2. The van der Waals surface area contributed by atoms with Gasteiger partial charge in [-0.05, 0) is 31.5 Å². The predicted molar refractivity (Wildman–Crippen MR) is 79.9 cm³/mol. The van der Waals surface area contributed by atoms with Crippen LogP contribution in [0.15, 0.2) is 30.4 Å². The molecule has 0 aliphatic heterocycles. The van der Waals surface area contributed by atoms with E-state index in [9.17, 15) is 0 Å². The summed E-state index contributed by atoms with van der Waals surface area (Å²) < 4.78 is 11.2. The Kier molecular flexibility index (Phi) is 7.04. The summed E-state index contributed by atoms with van der Waals surface area (Å²) in [4.78, 5) is 0. The van der Waals surface area contributed by atoms with Crippen LogP contribution in [-0.2, 0) is 6.54 Å². The predicted octanol–water partition coefficient (Wildman–Crippen LogP) is 3.54. The highest BCUT2D eigenvalue weighted by Gasteiger charge is 2.10. The van der Waals surface area contributed by atoms with Gasteiger partial charge in [-0.15, -0.1) is 0 Å². The molecule has 0 saturated carbocycles. The first-order valence-corrected chi connectivity index (χ1v) is 6.82. The van der Waals surface area contributed by atoms with E-state index in [2.05, 4.69) is 24.9 Å². The molecule has 0 aliphatic carbocycles. The van der Waals surface area contributed by atoms with Gasteiger partial charge in [0.05, 0.1) is 7.11 Å². The fourth-order valence-corrected chi connectivity index (χ4v) is 1.75. The maximum Gasteiger partial charge on any atom is 0.166 e. The molecule has 106 valence electrons. The van der Waals surface area contributed by atoms with Crippen molar-refractivity contribution < 1.29 is 9.47 Å². The van der Waals surface area contributed by atoms with Crippen LogP contribution in [0.4, 0.5) is 0 Å². The van der Waals surface area contributed by atoms with Gasteiger partial charge in [0.2, 0.25) is 0 Å². The topological polar surface area (TPSA) is 30.5 Å². The lowest BCUT2D eigenvalue weighted by Gasteiger charge is -2.15. The van der Waals surface area contributed by atoms with Crippen molar-refractivity contribution in [2.24, 2.45) is 0 Å². The van der Waals surface area contributed by atoms with E-state index in [-0.39, 0.29) is 0 Å². The zero-order valence-electron chi connectivity index (χ0n) is 12.3. The molecule has 0 radical (unpaired) electrons. The second kappa shape index (κ2) is 8.59. The normalized spacial score (nSPS) is 10.3. The molecule has 0 aromatic heterocycles. The second-order valence-electron chi connectivity index (χ2n) is 4.72. The molecule has 0 saturated heterocycles. The van der Waals surface area contributed by atoms with Crippen molar-refractivity contribution in [3.63, 3.8) is 0 Å². The standard InChI is InChI=1S/C16H25NO2/c1-5-6-10-17-11-14-8-7-9-15(18-4)16(14)19-12-13(2)3/h7-9,17H,2,5-6,10-12H2,1,3-4H3. The smallest absolute Gasteiger partial charge is 0.166 e. The minimum Gasteiger partial charge on any atom is -0.493 e. The van der Waals surface area contributed by atoms with Crippen LogP contribution in [0.1, 0.15) is 32.3 Å². The number of rotatable bonds is 9. The van der Waals surface area contributed by atoms with Crippen molar-refractivity contribution in [2.75, 3.05) is 20.3 Å². The fourth-order valence-electron chi connectivity index (χ4n) is 1.75. The average molecular weight is 263 g/mol. The van der Waals surface area contributed by atoms with Crippen LogP contribution < -0.4 is 14.8 Å². The van der Waals surface area contributed by atoms with E-state index >= 15 is 0 Å². The van der Waals surface area contributed by atoms with Crippen LogP contribution in [0.2, 0.25) is 0 Å². The van der Waals surface area contributed by atoms with E-state index in [0.717, 1.165) is 35.7 Å². The van der Waals surface area contributed by atoms with E-state index in [4.69, 9.17) is 9.47 Å². The van der Waals surface area contributed by atoms with E-state index in [0.29, 0.717) is 6.61 Å². The maximum atomic E-state index is 5.81. The lowest BCUT2D eigenvalue weighted by molar-refractivity contribution is 0.315. The number of hydrogen-bond acceptors (Lipinski definition) is 3. The summed E-state index contributed by atoms with van der Waals surface area (Å²) in [5.41, 5.74) is 2.12. The molecule has 0 spiro atoms. The molecule has 19 heavy (non-hydrogen) atoms. The number of nitrogens with one attached hydrogen (secondary N) is 1. The first-order valence-electron chi connectivity index (χ1n) is 6.82. The molecule has 1 aromatic rings. The van der Waals surface area contributed by atoms with Gasteiger partial charge in [0.25, 0.3) is 0 Å². The Labute approximate surface area is 116 Å². The van der Waals surface area contributed by atoms with Gasteiger partial charge in [-0.3, -0.25) is 0 Å². The van der Waals surface area contributed by atoms with Crippen LogP contribution in [0, 0.1) is 0 Å². The number of para-hydroxylation sites is 1. The average Bonchev–Trinajstić information content (AvgIpc) is 2.41. The third kappa shape index (κ3) is 5.35. The molecule has 0 heterocycles. The monoisotopic (exact) mass is 263 g/mol. The van der Waals surface area contributed by atoms with E-state index in [1.54, 1.807) is 7.11 Å². The summed E-state index contributed by atoms with van der Waals surface area (Å²) in [5.74, 6) is 1.59. The SMILES string of the molecule is C=C(C)COc1c(CNCCCC)cccc1OC. The first-order chi connectivity index (χ1) is 9.19. The van der Waals surface area contributed by atoms with Crippen LogP contribution in [0.3, 0.4) is 0 Å². The van der Waals surface area contributed by atoms with Crippen molar-refractivity contribution in [2.45, 2.75) is 33.2 Å². The minimum absolute atomic E-state index is 0.516. The molecule has 0 aliphatic rings. The lowest BCUT2D eigenvalue weighted by atomic mass is 10.1. The van der Waals surface area contributed by atoms with E-state index in [1.165, 1.54) is 12.8 Å². The summed E-state index contributed by atoms with van der Waals surface area (Å²) in [7, 11) is 1.66. The van der Waals surface area contributed by atoms with Gasteiger partial charge in [0, 0.05) is 12.1 Å². The van der Waals surface area contributed by atoms with E-state index in [1.807, 2.05) is 19.1 Å². The van der Waals surface area contributed by atoms with Crippen LogP contribution >= 0.6 is 0 Å². The molecule has 3 heteroatoms. The number of methoxy groups -OCH3 is 1. The molecule has 1 rings (SSSR count). The van der Waals surface area contributed by atoms with Crippen LogP contribution in [-0.4, -0.2) is 20.3 Å². The Bertz CT molecular complexity index is 402. The lowest BCUT2D eigenvalue weighted by Crippen LogP contribution is -2.15. The van der Waals surface area contributed by atoms with Crippen LogP contribution in [0.5, 0.6) is 11.5 Å². The summed E-state index contributed by atoms with van der Waals surface area (Å²) in [6, 6.07) is 5.97. The maximum absolute atomic E-state index is 5.81. The fraction of sp³-hybridized carbons (Fsp3) is 0.500. The molecule has 0 atom stereocenters. The molecular formula is C16H25NO2. The summed E-state index contributed by atoms with van der Waals surface area (Å²) in [6.07, 6.45) is 2.38. The second-order valence-corrected chi connectivity index (χ2v) is 4.72. The number of hydrogen-bond donors (Lipinski definition) is 1. The summed E-state index contributed by atoms with van der Waals surface area (Å²) in [5, 5.41) is 3.42. The summed E-state index contributed by atoms with van der Waals surface area (Å²) >= 11 is 0. The van der Waals surface area contributed by atoms with Gasteiger partial charge in [-0.2, -0.15) is 0 Å². The molecule has 0 unspecified atom stereocenters. The summed E-state index contributed by atoms with van der Waals surface area (Å²) in [6.45, 7) is 10.3. The Morgan fingerprint density at radius 2 is 2.16 bits per heavy atom. The highest BCUT2D eigenvalue weighted by Crippen LogP contribution is 2.31. The molecule has 0 amide bonds. The van der Waals surface area contributed by atoms with Crippen molar-refractivity contribution in [1.82, 2.24) is 5.32 Å². The molecule has 1 aromatic carbocycles. The molecule has 3 nitrogen and oxygen atoms in total. The van der Waals surface area contributed by atoms with Crippen molar-refractivity contribution in [3.8, 4) is 11.5 Å². The highest BCUT2D eigenvalue weighted by atomic mass is 16.5. The van der Waals surface area contributed by atoms with Gasteiger partial charge < -0.3 is 14.8 Å². The number of benzene rings is 1. The molecule has 1 N–H and O–H groups in total. The third-order valence-electron chi connectivity index (χ3n) is 2.77. The zero-order chi connectivity index (χ0) is 14.1. The first kappa shape index (κ1) is 15.6.